The van der Waals surface area contributed by atoms with Crippen molar-refractivity contribution in [3.8, 4) is 11.5 Å². The molecule has 4 nitrogen and oxygen atoms in total. The van der Waals surface area contributed by atoms with Crippen LogP contribution in [0.1, 0.15) is 25.3 Å². The number of hydrogen-bond donors (Lipinski definition) is 0. The van der Waals surface area contributed by atoms with Crippen LogP contribution in [0.2, 0.25) is 0 Å². The lowest BCUT2D eigenvalue weighted by Gasteiger charge is -2.25. The van der Waals surface area contributed by atoms with Crippen molar-refractivity contribution < 1.29 is 14.2 Å². The Morgan fingerprint density at radius 2 is 1.92 bits per heavy atom. The van der Waals surface area contributed by atoms with E-state index in [9.17, 15) is 0 Å². The molecule has 1 atom stereocenters. The average molecular weight is 329 g/mol. The van der Waals surface area contributed by atoms with Gasteiger partial charge in [-0.25, -0.2) is 0 Å². The lowest BCUT2D eigenvalue weighted by Crippen LogP contribution is -2.32. The van der Waals surface area contributed by atoms with Crippen molar-refractivity contribution >= 4 is 10.8 Å². The van der Waals surface area contributed by atoms with E-state index in [4.69, 9.17) is 14.2 Å². The van der Waals surface area contributed by atoms with E-state index in [1.807, 2.05) is 12.1 Å². The normalized spacial score (nSPS) is 18.2. The molecule has 0 radical (unpaired) electrons. The molecule has 0 amide bonds. The quantitative estimate of drug-likeness (QED) is 0.772. The van der Waals surface area contributed by atoms with Gasteiger partial charge in [-0.3, -0.25) is 4.90 Å². The van der Waals surface area contributed by atoms with Crippen LogP contribution in [-0.4, -0.2) is 44.9 Å². The molecule has 0 bridgehead atoms. The van der Waals surface area contributed by atoms with Gasteiger partial charge in [0.05, 0.1) is 20.8 Å². The van der Waals surface area contributed by atoms with E-state index < -0.39 is 0 Å². The summed E-state index contributed by atoms with van der Waals surface area (Å²) in [4.78, 5) is 2.53. The molecule has 1 aliphatic rings. The van der Waals surface area contributed by atoms with Crippen molar-refractivity contribution in [3.05, 3.63) is 35.9 Å². The maximum absolute atomic E-state index is 5.67. The second kappa shape index (κ2) is 7.86. The van der Waals surface area contributed by atoms with Crippen LogP contribution in [0.15, 0.2) is 30.3 Å². The smallest absolute Gasteiger partial charge is 0.127 e. The van der Waals surface area contributed by atoms with Crippen molar-refractivity contribution in [2.75, 3.05) is 34.0 Å². The number of methoxy groups -OCH3 is 2. The molecular formula is C20H27NO3. The summed E-state index contributed by atoms with van der Waals surface area (Å²) in [6.45, 7) is 5.70. The lowest BCUT2D eigenvalue weighted by atomic mass is 10.0. The van der Waals surface area contributed by atoms with Crippen LogP contribution in [-0.2, 0) is 11.3 Å². The molecule has 130 valence electrons. The fourth-order valence-corrected chi connectivity index (χ4v) is 3.66. The van der Waals surface area contributed by atoms with Crippen LogP contribution >= 0.6 is 0 Å². The fourth-order valence-electron chi connectivity index (χ4n) is 3.66. The molecule has 2 aromatic rings. The summed E-state index contributed by atoms with van der Waals surface area (Å²) in [6, 6.07) is 10.9. The molecule has 0 saturated carbocycles. The molecule has 24 heavy (non-hydrogen) atoms. The van der Waals surface area contributed by atoms with Crippen molar-refractivity contribution in [1.82, 2.24) is 4.90 Å². The molecule has 3 rings (SSSR count). The van der Waals surface area contributed by atoms with Gasteiger partial charge in [-0.2, -0.15) is 0 Å². The minimum absolute atomic E-state index is 0.511. The Labute approximate surface area is 144 Å². The Hall–Kier alpha value is -1.78. The Balaban J connectivity index is 1.94. The third-order valence-electron chi connectivity index (χ3n) is 4.88. The molecule has 1 aliphatic heterocycles. The van der Waals surface area contributed by atoms with Crippen LogP contribution in [0.25, 0.3) is 10.8 Å². The van der Waals surface area contributed by atoms with Gasteiger partial charge in [0.15, 0.2) is 0 Å². The second-order valence-electron chi connectivity index (χ2n) is 6.24. The summed E-state index contributed by atoms with van der Waals surface area (Å²) in [5.74, 6) is 1.79. The summed E-state index contributed by atoms with van der Waals surface area (Å²) in [5.41, 5.74) is 1.28. The number of hydrogen-bond acceptors (Lipinski definition) is 4. The second-order valence-corrected chi connectivity index (χ2v) is 6.24. The zero-order valence-electron chi connectivity index (χ0n) is 14.9. The molecule has 0 spiro atoms. The molecule has 0 aromatic heterocycles. The van der Waals surface area contributed by atoms with Gasteiger partial charge in [0.1, 0.15) is 11.5 Å². The van der Waals surface area contributed by atoms with Gasteiger partial charge in [-0.1, -0.05) is 18.2 Å². The maximum Gasteiger partial charge on any atom is 0.127 e. The maximum atomic E-state index is 5.67. The predicted molar refractivity (Wildman–Crippen MR) is 97.0 cm³/mol. The zero-order chi connectivity index (χ0) is 16.9. The van der Waals surface area contributed by atoms with E-state index in [1.165, 1.54) is 18.4 Å². The molecule has 0 aliphatic carbocycles. The standard InChI is InChI=1S/C20H27NO3/c1-4-24-14-16-7-6-12-21(16)13-15-10-11-18(22-2)17-8-5-9-19(23-3)20(15)17/h5,8-11,16H,4,6-7,12-14H2,1-3H3/t16-/m1/s1. The Morgan fingerprint density at radius 3 is 2.67 bits per heavy atom. The number of rotatable bonds is 7. The van der Waals surface area contributed by atoms with E-state index >= 15 is 0 Å². The summed E-state index contributed by atoms with van der Waals surface area (Å²) in [6.07, 6.45) is 2.45. The molecular weight excluding hydrogens is 302 g/mol. The minimum atomic E-state index is 0.511. The van der Waals surface area contributed by atoms with Crippen LogP contribution in [0, 0.1) is 0 Å². The number of ether oxygens (including phenoxy) is 3. The number of likely N-dealkylation sites (tertiary alicyclic amines) is 1. The van der Waals surface area contributed by atoms with E-state index in [0.29, 0.717) is 6.04 Å². The van der Waals surface area contributed by atoms with E-state index in [1.54, 1.807) is 14.2 Å². The average Bonchev–Trinajstić information content (AvgIpc) is 3.06. The van der Waals surface area contributed by atoms with Gasteiger partial charge >= 0.3 is 0 Å². The Bertz CT molecular complexity index is 686. The monoisotopic (exact) mass is 329 g/mol. The van der Waals surface area contributed by atoms with Gasteiger partial charge in [-0.15, -0.1) is 0 Å². The van der Waals surface area contributed by atoms with Gasteiger partial charge in [0.2, 0.25) is 0 Å². The lowest BCUT2D eigenvalue weighted by molar-refractivity contribution is 0.0825. The zero-order valence-corrected chi connectivity index (χ0v) is 14.9. The van der Waals surface area contributed by atoms with Gasteiger partial charge < -0.3 is 14.2 Å². The number of nitrogens with zero attached hydrogens (tertiary/aromatic N) is 1. The first-order valence-corrected chi connectivity index (χ1v) is 8.72. The van der Waals surface area contributed by atoms with E-state index in [2.05, 4.69) is 30.0 Å². The highest BCUT2D eigenvalue weighted by atomic mass is 16.5. The highest BCUT2D eigenvalue weighted by Crippen LogP contribution is 2.36. The third kappa shape index (κ3) is 3.35. The largest absolute Gasteiger partial charge is 0.496 e. The van der Waals surface area contributed by atoms with E-state index in [-0.39, 0.29) is 0 Å². The molecule has 0 N–H and O–H groups in total. The summed E-state index contributed by atoms with van der Waals surface area (Å²) < 4.78 is 16.8. The molecule has 1 fully saturated rings. The topological polar surface area (TPSA) is 30.9 Å². The predicted octanol–water partition coefficient (Wildman–Crippen LogP) is 3.86. The Kier molecular flexibility index (Phi) is 5.59. The van der Waals surface area contributed by atoms with Crippen molar-refractivity contribution in [1.29, 1.82) is 0 Å². The summed E-state index contributed by atoms with van der Waals surface area (Å²) >= 11 is 0. The van der Waals surface area contributed by atoms with Crippen LogP contribution in [0.4, 0.5) is 0 Å². The van der Waals surface area contributed by atoms with Crippen molar-refractivity contribution in [3.63, 3.8) is 0 Å². The van der Waals surface area contributed by atoms with Crippen LogP contribution in [0.5, 0.6) is 11.5 Å². The minimum Gasteiger partial charge on any atom is -0.496 e. The molecule has 2 aromatic carbocycles. The van der Waals surface area contributed by atoms with Gasteiger partial charge in [0.25, 0.3) is 0 Å². The highest BCUT2D eigenvalue weighted by Gasteiger charge is 2.25. The molecule has 1 heterocycles. The number of benzene rings is 2. The van der Waals surface area contributed by atoms with Gasteiger partial charge in [0, 0.05) is 30.0 Å². The first-order chi connectivity index (χ1) is 11.8. The number of fused-ring (bicyclic) bond motifs is 1. The van der Waals surface area contributed by atoms with Crippen molar-refractivity contribution in [2.24, 2.45) is 0 Å². The van der Waals surface area contributed by atoms with Crippen molar-refractivity contribution in [2.45, 2.75) is 32.4 Å². The highest BCUT2D eigenvalue weighted by molar-refractivity contribution is 5.95. The van der Waals surface area contributed by atoms with Gasteiger partial charge in [-0.05, 0) is 44.0 Å². The fraction of sp³-hybridized carbons (Fsp3) is 0.500. The third-order valence-corrected chi connectivity index (χ3v) is 4.88. The summed E-state index contributed by atoms with van der Waals surface area (Å²) in [7, 11) is 3.44. The van der Waals surface area contributed by atoms with E-state index in [0.717, 1.165) is 48.6 Å². The SMILES string of the molecule is CCOC[C@H]1CCCN1Cc1ccc(OC)c2cccc(OC)c12. The first kappa shape index (κ1) is 17.1. The van der Waals surface area contributed by atoms with Crippen LogP contribution < -0.4 is 9.47 Å². The first-order valence-electron chi connectivity index (χ1n) is 8.72. The molecule has 4 heteroatoms. The molecule has 1 saturated heterocycles. The molecule has 0 unspecified atom stereocenters. The van der Waals surface area contributed by atoms with Crippen LogP contribution in [0.3, 0.4) is 0 Å². The summed E-state index contributed by atoms with van der Waals surface area (Å²) in [5, 5.41) is 2.26. The Morgan fingerprint density at radius 1 is 1.08 bits per heavy atom.